The summed E-state index contributed by atoms with van der Waals surface area (Å²) in [5.41, 5.74) is -0.162. The van der Waals surface area contributed by atoms with Crippen molar-refractivity contribution in [3.05, 3.63) is 11.1 Å². The number of likely N-dealkylation sites (N-methyl/N-ethyl adjacent to an activating group) is 1. The molecule has 0 aromatic carbocycles. The molecule has 2 N–H and O–H groups in total. The van der Waals surface area contributed by atoms with Gasteiger partial charge in [0.05, 0.1) is 0 Å². The summed E-state index contributed by atoms with van der Waals surface area (Å²) in [5, 5.41) is 10.2. The third kappa shape index (κ3) is 5.20. The molecule has 1 aromatic heterocycles. The van der Waals surface area contributed by atoms with E-state index in [1.165, 1.54) is 24.4 Å². The van der Waals surface area contributed by atoms with E-state index < -0.39 is 50.1 Å². The van der Waals surface area contributed by atoms with Gasteiger partial charge in [-0.3, -0.25) is 19.2 Å². The van der Waals surface area contributed by atoms with Crippen molar-refractivity contribution in [3.63, 3.8) is 0 Å². The lowest BCUT2D eigenvalue weighted by molar-refractivity contribution is -0.156. The Kier molecular flexibility index (Phi) is 8.00. The van der Waals surface area contributed by atoms with Gasteiger partial charge in [0.15, 0.2) is 19.1 Å². The lowest BCUT2D eigenvalue weighted by Gasteiger charge is -2.59. The molecule has 0 saturated carbocycles. The first kappa shape index (κ1) is 28.5. The zero-order chi connectivity index (χ0) is 27.9. The third-order valence-electron chi connectivity index (χ3n) is 6.74. The van der Waals surface area contributed by atoms with Crippen LogP contribution in [0.4, 0.5) is 9.93 Å². The summed E-state index contributed by atoms with van der Waals surface area (Å²) in [6.07, 6.45) is -0.986. The molecular weight excluding hydrogens is 542 g/mol. The SMILES string of the molecule is CO/N=C(\C(=O)N[C@@H]1C(=O)N([Si](C)(C)C(C)(C)C)[C@H]1N1C(=O)CN(C)C1=O)c1csc(NC(=O)CCl)n1. The van der Waals surface area contributed by atoms with Gasteiger partial charge in [-0.1, -0.05) is 39.0 Å². The first-order chi connectivity index (χ1) is 17.1. The number of alkyl halides is 1. The van der Waals surface area contributed by atoms with Gasteiger partial charge in [0, 0.05) is 12.4 Å². The van der Waals surface area contributed by atoms with Crippen LogP contribution >= 0.6 is 22.9 Å². The molecule has 1 aromatic rings. The van der Waals surface area contributed by atoms with Gasteiger partial charge in [-0.05, 0) is 5.04 Å². The summed E-state index contributed by atoms with van der Waals surface area (Å²) in [5.74, 6) is -2.40. The highest BCUT2D eigenvalue weighted by molar-refractivity contribution is 7.14. The Bertz CT molecular complexity index is 1170. The molecule has 0 bridgehead atoms. The number of nitrogens with one attached hydrogen (secondary N) is 2. The van der Waals surface area contributed by atoms with E-state index in [1.54, 1.807) is 4.57 Å². The summed E-state index contributed by atoms with van der Waals surface area (Å²) in [6, 6.07) is -1.73. The molecule has 2 saturated heterocycles. The molecule has 3 heterocycles. The maximum atomic E-state index is 13.5. The molecule has 13 nitrogen and oxygen atoms in total. The molecular formula is C21H30ClN7O6SSi. The van der Waals surface area contributed by atoms with E-state index in [2.05, 4.69) is 20.8 Å². The zero-order valence-electron chi connectivity index (χ0n) is 21.6. The summed E-state index contributed by atoms with van der Waals surface area (Å²) in [6.45, 7) is 9.84. The summed E-state index contributed by atoms with van der Waals surface area (Å²) >= 11 is 6.54. The quantitative estimate of drug-likeness (QED) is 0.119. The number of carbonyl (C=O) groups is 5. The van der Waals surface area contributed by atoms with E-state index in [4.69, 9.17) is 16.4 Å². The Morgan fingerprint density at radius 1 is 1.30 bits per heavy atom. The van der Waals surface area contributed by atoms with Gasteiger partial charge < -0.3 is 24.9 Å². The maximum Gasteiger partial charge on any atom is 0.328 e. The Balaban J connectivity index is 1.93. The van der Waals surface area contributed by atoms with Gasteiger partial charge in [-0.25, -0.2) is 14.7 Å². The largest absolute Gasteiger partial charge is 0.398 e. The van der Waals surface area contributed by atoms with Crippen molar-refractivity contribution >= 4 is 71.7 Å². The van der Waals surface area contributed by atoms with Crippen LogP contribution in [0.25, 0.3) is 0 Å². The molecule has 0 aliphatic carbocycles. The number of nitrogens with zero attached hydrogens (tertiary/aromatic N) is 5. The predicted octanol–water partition coefficient (Wildman–Crippen LogP) is 1.22. The first-order valence-electron chi connectivity index (χ1n) is 11.3. The maximum absolute atomic E-state index is 13.5. The van der Waals surface area contributed by atoms with Crippen molar-refractivity contribution in [3.8, 4) is 0 Å². The number of imide groups is 1. The first-order valence-corrected chi connectivity index (χ1v) is 15.7. The fourth-order valence-corrected chi connectivity index (χ4v) is 6.96. The van der Waals surface area contributed by atoms with E-state index in [9.17, 15) is 24.0 Å². The van der Waals surface area contributed by atoms with Gasteiger partial charge in [-0.15, -0.1) is 22.9 Å². The molecule has 2 atom stereocenters. The van der Waals surface area contributed by atoms with Crippen LogP contribution in [-0.4, -0.2) is 102 Å². The number of β-lactam (4-membered cyclic amide) rings is 1. The van der Waals surface area contributed by atoms with E-state index >= 15 is 0 Å². The van der Waals surface area contributed by atoms with E-state index in [1.807, 2.05) is 33.9 Å². The number of hydrogen-bond donors (Lipinski definition) is 2. The van der Waals surface area contributed by atoms with Gasteiger partial charge in [0.1, 0.15) is 37.4 Å². The molecule has 16 heteroatoms. The number of hydrogen-bond acceptors (Lipinski definition) is 9. The van der Waals surface area contributed by atoms with E-state index in [0.717, 1.165) is 16.2 Å². The Labute approximate surface area is 224 Å². The highest BCUT2D eigenvalue weighted by atomic mass is 35.5. The second kappa shape index (κ2) is 10.4. The molecule has 2 fully saturated rings. The summed E-state index contributed by atoms with van der Waals surface area (Å²) < 4.78 is 1.60. The van der Waals surface area contributed by atoms with Gasteiger partial charge in [0.25, 0.3) is 11.8 Å². The fourth-order valence-electron chi connectivity index (χ4n) is 3.84. The molecule has 0 spiro atoms. The second-order valence-corrected chi connectivity index (χ2v) is 16.4. The smallest absolute Gasteiger partial charge is 0.328 e. The fraction of sp³-hybridized carbons (Fsp3) is 0.571. The van der Waals surface area contributed by atoms with Crippen molar-refractivity contribution in [2.24, 2.45) is 5.16 Å². The Morgan fingerprint density at radius 2 is 1.95 bits per heavy atom. The molecule has 37 heavy (non-hydrogen) atoms. The van der Waals surface area contributed by atoms with Crippen LogP contribution in [0.5, 0.6) is 0 Å². The minimum atomic E-state index is -2.56. The molecule has 3 rings (SSSR count). The molecule has 2 aliphatic rings. The number of thiazole rings is 1. The van der Waals surface area contributed by atoms with Crippen LogP contribution in [0.1, 0.15) is 26.5 Å². The third-order valence-corrected chi connectivity index (χ3v) is 13.1. The van der Waals surface area contributed by atoms with Gasteiger partial charge >= 0.3 is 6.03 Å². The predicted molar refractivity (Wildman–Crippen MR) is 140 cm³/mol. The van der Waals surface area contributed by atoms with Crippen LogP contribution in [0.15, 0.2) is 10.5 Å². The van der Waals surface area contributed by atoms with Crippen LogP contribution in [0.3, 0.4) is 0 Å². The normalized spacial score (nSPS) is 20.8. The topological polar surface area (TPSA) is 154 Å². The Hall–Kier alpha value is -3.04. The number of rotatable bonds is 8. The molecule has 0 radical (unpaired) electrons. The minimum absolute atomic E-state index is 0.0897. The number of urea groups is 1. The standard InChI is InChI=1S/C21H30ClN7O6SSi/c1-21(2,3)37(6,7)29-17(28-13(31)9-27(4)20(28)34)15(18(29)33)25-16(32)14(26-35-5)11-10-36-19(23-11)24-12(30)8-22/h10,15,17H,8-9H2,1-7H3,(H,25,32)(H,23,24,30)/b26-14-/t15-,17+/m0/s1. The number of oxime groups is 1. The van der Waals surface area contributed by atoms with Crippen molar-refractivity contribution in [2.75, 3.05) is 31.9 Å². The lowest BCUT2D eigenvalue weighted by Crippen LogP contribution is -2.83. The highest BCUT2D eigenvalue weighted by Gasteiger charge is 2.63. The summed E-state index contributed by atoms with van der Waals surface area (Å²) in [4.78, 5) is 75.3. The van der Waals surface area contributed by atoms with Crippen LogP contribution in [0.2, 0.25) is 18.1 Å². The van der Waals surface area contributed by atoms with Gasteiger partial charge in [-0.2, -0.15) is 0 Å². The Morgan fingerprint density at radius 3 is 2.46 bits per heavy atom. The average molecular weight is 572 g/mol. The summed E-state index contributed by atoms with van der Waals surface area (Å²) in [7, 11) is 0.177. The number of carbonyl (C=O) groups excluding carboxylic acids is 5. The molecule has 2 aliphatic heterocycles. The monoisotopic (exact) mass is 571 g/mol. The van der Waals surface area contributed by atoms with Crippen molar-refractivity contribution in [1.29, 1.82) is 0 Å². The molecule has 202 valence electrons. The zero-order valence-corrected chi connectivity index (χ0v) is 24.2. The number of halogens is 1. The van der Waals surface area contributed by atoms with Crippen LogP contribution in [-0.2, 0) is 24.0 Å². The average Bonchev–Trinajstić information content (AvgIpc) is 3.36. The highest BCUT2D eigenvalue weighted by Crippen LogP contribution is 2.44. The number of amides is 6. The van der Waals surface area contributed by atoms with E-state index in [0.29, 0.717) is 0 Å². The van der Waals surface area contributed by atoms with Crippen molar-refractivity contribution in [1.82, 2.24) is 24.7 Å². The van der Waals surface area contributed by atoms with Crippen LogP contribution < -0.4 is 10.6 Å². The van der Waals surface area contributed by atoms with Crippen LogP contribution in [0, 0.1) is 0 Å². The minimum Gasteiger partial charge on any atom is -0.398 e. The molecule has 0 unspecified atom stereocenters. The van der Waals surface area contributed by atoms with E-state index in [-0.39, 0.29) is 34.0 Å². The van der Waals surface area contributed by atoms with Crippen molar-refractivity contribution in [2.45, 2.75) is 51.1 Å². The number of aromatic nitrogens is 1. The van der Waals surface area contributed by atoms with Gasteiger partial charge in [0.2, 0.25) is 11.8 Å². The second-order valence-electron chi connectivity index (χ2n) is 10.1. The lowest BCUT2D eigenvalue weighted by atomic mass is 10.0. The number of anilines is 1. The van der Waals surface area contributed by atoms with Crippen molar-refractivity contribution < 1.29 is 28.8 Å². The molecule has 6 amide bonds.